The third kappa shape index (κ3) is 41.3. The summed E-state index contributed by atoms with van der Waals surface area (Å²) in [7, 11) is 1.13. The lowest BCUT2D eigenvalue weighted by atomic mass is 10.1. The van der Waals surface area contributed by atoms with Gasteiger partial charge in [0.1, 0.15) is 19.8 Å². The van der Waals surface area contributed by atoms with Crippen LogP contribution in [0.5, 0.6) is 0 Å². The van der Waals surface area contributed by atoms with Crippen molar-refractivity contribution in [3.63, 3.8) is 0 Å². The van der Waals surface area contributed by atoms with Gasteiger partial charge in [0.25, 0.3) is 7.82 Å². The zero-order valence-corrected chi connectivity index (χ0v) is 37.2. The molecule has 10 heteroatoms. The Labute approximate surface area is 343 Å². The van der Waals surface area contributed by atoms with Crippen molar-refractivity contribution in [1.82, 2.24) is 0 Å². The molecule has 324 valence electrons. The third-order valence-corrected chi connectivity index (χ3v) is 9.97. The number of hydrogen-bond donors (Lipinski definition) is 0. The molecule has 1 unspecified atom stereocenters. The van der Waals surface area contributed by atoms with Gasteiger partial charge >= 0.3 is 11.9 Å². The molecule has 0 spiro atoms. The van der Waals surface area contributed by atoms with Crippen LogP contribution in [0.25, 0.3) is 0 Å². The van der Waals surface area contributed by atoms with E-state index in [1.54, 1.807) is 0 Å². The van der Waals surface area contributed by atoms with Gasteiger partial charge in [-0.05, 0) is 77.0 Å². The Hall–Kier alpha value is -2.29. The lowest BCUT2D eigenvalue weighted by Gasteiger charge is -2.28. The van der Waals surface area contributed by atoms with Crippen molar-refractivity contribution in [2.45, 2.75) is 174 Å². The summed E-state index contributed by atoms with van der Waals surface area (Å²) in [4.78, 5) is 37.5. The van der Waals surface area contributed by atoms with Gasteiger partial charge in [0.2, 0.25) is 0 Å². The van der Waals surface area contributed by atoms with Gasteiger partial charge in [0.05, 0.1) is 27.7 Å². The number of rotatable bonds is 39. The molecule has 0 aliphatic heterocycles. The Bertz CT molecular complexity index is 1140. The predicted octanol–water partition coefficient (Wildman–Crippen LogP) is 11.8. The van der Waals surface area contributed by atoms with Crippen LogP contribution in [-0.2, 0) is 32.7 Å². The normalized spacial score (nSPS) is 14.2. The maximum Gasteiger partial charge on any atom is 0.306 e. The minimum Gasteiger partial charge on any atom is -0.756 e. The van der Waals surface area contributed by atoms with Gasteiger partial charge in [0.15, 0.2) is 6.10 Å². The molecule has 0 aliphatic carbocycles. The highest BCUT2D eigenvalue weighted by atomic mass is 31.2. The number of allylic oxidation sites excluding steroid dienone is 10. The number of unbranched alkanes of at least 4 members (excludes halogenated alkanes) is 15. The van der Waals surface area contributed by atoms with Crippen molar-refractivity contribution in [1.29, 1.82) is 0 Å². The molecule has 56 heavy (non-hydrogen) atoms. The number of carbonyl (C=O) groups excluding carboxylic acids is 2. The Kier molecular flexibility index (Phi) is 36.7. The van der Waals surface area contributed by atoms with Gasteiger partial charge in [-0.2, -0.15) is 0 Å². The molecule has 0 saturated heterocycles. The highest BCUT2D eigenvalue weighted by Gasteiger charge is 2.21. The van der Waals surface area contributed by atoms with E-state index in [0.717, 1.165) is 51.4 Å². The number of phosphoric ester groups is 1. The van der Waals surface area contributed by atoms with E-state index in [0.29, 0.717) is 23.9 Å². The Balaban J connectivity index is 4.47. The Morgan fingerprint density at radius 2 is 0.982 bits per heavy atom. The number of phosphoric acid groups is 1. The Morgan fingerprint density at radius 3 is 1.54 bits per heavy atom. The van der Waals surface area contributed by atoms with E-state index < -0.39 is 32.5 Å². The molecular weight excluding hydrogens is 725 g/mol. The minimum atomic E-state index is -4.64. The molecule has 0 aliphatic rings. The van der Waals surface area contributed by atoms with Gasteiger partial charge in [-0.15, -0.1) is 0 Å². The summed E-state index contributed by atoms with van der Waals surface area (Å²) >= 11 is 0. The summed E-state index contributed by atoms with van der Waals surface area (Å²) < 4.78 is 33.8. The average Bonchev–Trinajstić information content (AvgIpc) is 3.15. The largest absolute Gasteiger partial charge is 0.756 e. The van der Waals surface area contributed by atoms with Crippen molar-refractivity contribution < 1.29 is 42.1 Å². The van der Waals surface area contributed by atoms with Crippen LogP contribution in [0.1, 0.15) is 168 Å². The lowest BCUT2D eigenvalue weighted by Crippen LogP contribution is -2.37. The molecule has 0 fully saturated rings. The fraction of sp³-hybridized carbons (Fsp3) is 0.739. The van der Waals surface area contributed by atoms with Crippen molar-refractivity contribution in [3.8, 4) is 0 Å². The topological polar surface area (TPSA) is 111 Å². The molecule has 0 aromatic heterocycles. The summed E-state index contributed by atoms with van der Waals surface area (Å²) in [6, 6.07) is 0. The van der Waals surface area contributed by atoms with Gasteiger partial charge in [-0.3, -0.25) is 14.2 Å². The molecule has 2 atom stereocenters. The van der Waals surface area contributed by atoms with E-state index in [1.807, 2.05) is 21.1 Å². The molecule has 0 amide bonds. The van der Waals surface area contributed by atoms with Crippen molar-refractivity contribution in [3.05, 3.63) is 60.8 Å². The van der Waals surface area contributed by atoms with E-state index in [2.05, 4.69) is 74.6 Å². The van der Waals surface area contributed by atoms with Gasteiger partial charge in [-0.1, -0.05) is 139 Å². The van der Waals surface area contributed by atoms with Crippen LogP contribution >= 0.6 is 7.82 Å². The molecule has 0 rings (SSSR count). The second-order valence-electron chi connectivity index (χ2n) is 15.7. The molecule has 0 heterocycles. The smallest absolute Gasteiger partial charge is 0.306 e. The SMILES string of the molecule is CCCCC/C=C/C/C=C/C/C=C/C/C=C/CCCC(=O)OC[C@H](COP(=O)([O-])OCC[N+](C)(C)C)OC(=O)CCCCCCCCC/C=C/CCCCCC. The van der Waals surface area contributed by atoms with Crippen LogP contribution in [0.15, 0.2) is 60.8 Å². The van der Waals surface area contributed by atoms with Crippen LogP contribution in [0.4, 0.5) is 0 Å². The van der Waals surface area contributed by atoms with Crippen LogP contribution in [0.2, 0.25) is 0 Å². The first-order valence-electron chi connectivity index (χ1n) is 22.0. The van der Waals surface area contributed by atoms with Crippen molar-refractivity contribution >= 4 is 19.8 Å². The maximum atomic E-state index is 12.7. The molecule has 0 aromatic carbocycles. The molecule has 0 saturated carbocycles. The van der Waals surface area contributed by atoms with Gasteiger partial charge in [0, 0.05) is 12.8 Å². The number of ether oxygens (including phenoxy) is 2. The summed E-state index contributed by atoms with van der Waals surface area (Å²) in [5.74, 6) is -0.909. The summed E-state index contributed by atoms with van der Waals surface area (Å²) in [5, 5.41) is 0. The number of carbonyl (C=O) groups is 2. The monoisotopic (exact) mass is 808 g/mol. The average molecular weight is 808 g/mol. The number of esters is 2. The van der Waals surface area contributed by atoms with Crippen LogP contribution in [0, 0.1) is 0 Å². The van der Waals surface area contributed by atoms with E-state index in [1.165, 1.54) is 77.0 Å². The summed E-state index contributed by atoms with van der Waals surface area (Å²) in [5.41, 5.74) is 0. The first-order chi connectivity index (χ1) is 27.0. The van der Waals surface area contributed by atoms with E-state index in [-0.39, 0.29) is 26.1 Å². The van der Waals surface area contributed by atoms with E-state index in [9.17, 15) is 19.0 Å². The molecule has 0 radical (unpaired) electrons. The summed E-state index contributed by atoms with van der Waals surface area (Å²) in [6.07, 6.45) is 45.3. The fourth-order valence-electron chi connectivity index (χ4n) is 5.52. The summed E-state index contributed by atoms with van der Waals surface area (Å²) in [6.45, 7) is 4.10. The number of nitrogens with zero attached hydrogens (tertiary/aromatic N) is 1. The predicted molar refractivity (Wildman–Crippen MR) is 231 cm³/mol. The molecule has 0 N–H and O–H groups in total. The second-order valence-corrected chi connectivity index (χ2v) is 17.1. The third-order valence-electron chi connectivity index (χ3n) is 9.01. The standard InChI is InChI=1S/C46H82NO8P/c1-6-8-10-12-14-16-18-20-22-23-25-26-28-30-32-34-36-38-45(48)52-42-44(43-54-56(50,51)53-41-40-47(3,4)5)55-46(49)39-37-35-33-31-29-27-24-21-19-17-15-13-11-9-7-2/h14,16-17,19-20,22,25-26,30,32,44H,6-13,15,18,21,23-24,27-29,31,33-43H2,1-5H3/b16-14+,19-17+,22-20+,26-25+,32-30+/t44-/m1/s1. The van der Waals surface area contributed by atoms with Crippen LogP contribution in [0.3, 0.4) is 0 Å². The fourth-order valence-corrected chi connectivity index (χ4v) is 6.25. The molecule has 0 aromatic rings. The lowest BCUT2D eigenvalue weighted by molar-refractivity contribution is -0.870. The zero-order valence-electron chi connectivity index (χ0n) is 36.3. The number of quaternary nitrogens is 1. The van der Waals surface area contributed by atoms with Crippen LogP contribution < -0.4 is 4.89 Å². The first kappa shape index (κ1) is 53.7. The quantitative estimate of drug-likeness (QED) is 0.0198. The zero-order chi connectivity index (χ0) is 41.4. The second kappa shape index (κ2) is 38.2. The van der Waals surface area contributed by atoms with E-state index >= 15 is 0 Å². The maximum absolute atomic E-state index is 12.7. The Morgan fingerprint density at radius 1 is 0.554 bits per heavy atom. The van der Waals surface area contributed by atoms with Crippen LogP contribution in [-0.4, -0.2) is 70.0 Å². The highest BCUT2D eigenvalue weighted by molar-refractivity contribution is 7.45. The van der Waals surface area contributed by atoms with Gasteiger partial charge in [-0.25, -0.2) is 0 Å². The molecule has 9 nitrogen and oxygen atoms in total. The molecule has 0 bridgehead atoms. The van der Waals surface area contributed by atoms with Gasteiger partial charge < -0.3 is 27.9 Å². The highest BCUT2D eigenvalue weighted by Crippen LogP contribution is 2.38. The first-order valence-corrected chi connectivity index (χ1v) is 23.5. The van der Waals surface area contributed by atoms with Crippen molar-refractivity contribution in [2.24, 2.45) is 0 Å². The van der Waals surface area contributed by atoms with Crippen molar-refractivity contribution in [2.75, 3.05) is 47.5 Å². The number of likely N-dealkylation sites (N-methyl/N-ethyl adjacent to an activating group) is 1. The minimum absolute atomic E-state index is 0.0423. The molecular formula is C46H82NO8P. The number of hydrogen-bond acceptors (Lipinski definition) is 8. The van der Waals surface area contributed by atoms with E-state index in [4.69, 9.17) is 18.5 Å².